The summed E-state index contributed by atoms with van der Waals surface area (Å²) in [7, 11) is -0.437. The standard InChI is InChI=1S/C12H18BNO3/c1-8(15)9-6-7-10(14-9)13-16-11(2,3)12(4,5)17-13/h6-7,14H,1-5H3. The molecule has 1 aromatic heterocycles. The van der Waals surface area contributed by atoms with Crippen molar-refractivity contribution in [2.24, 2.45) is 0 Å². The van der Waals surface area contributed by atoms with Crippen LogP contribution in [-0.2, 0) is 9.31 Å². The van der Waals surface area contributed by atoms with Gasteiger partial charge in [-0.05, 0) is 39.8 Å². The van der Waals surface area contributed by atoms with Crippen molar-refractivity contribution in [1.29, 1.82) is 0 Å². The van der Waals surface area contributed by atoms with Crippen LogP contribution in [0.25, 0.3) is 0 Å². The third-order valence-corrected chi connectivity index (χ3v) is 3.60. The second-order valence-electron chi connectivity index (χ2n) is 5.47. The van der Waals surface area contributed by atoms with Crippen LogP contribution in [0.4, 0.5) is 0 Å². The van der Waals surface area contributed by atoms with E-state index in [1.807, 2.05) is 33.8 Å². The van der Waals surface area contributed by atoms with Gasteiger partial charge >= 0.3 is 7.12 Å². The molecule has 1 N–H and O–H groups in total. The highest BCUT2D eigenvalue weighted by atomic mass is 16.7. The van der Waals surface area contributed by atoms with E-state index in [0.717, 1.165) is 5.59 Å². The summed E-state index contributed by atoms with van der Waals surface area (Å²) < 4.78 is 11.8. The van der Waals surface area contributed by atoms with Crippen LogP contribution in [0.2, 0.25) is 0 Å². The van der Waals surface area contributed by atoms with Crippen molar-refractivity contribution in [1.82, 2.24) is 4.98 Å². The normalized spacial score (nSPS) is 21.8. The maximum absolute atomic E-state index is 11.2. The Bertz CT molecular complexity index is 434. The van der Waals surface area contributed by atoms with Crippen LogP contribution in [0.1, 0.15) is 45.1 Å². The first kappa shape index (κ1) is 12.4. The van der Waals surface area contributed by atoms with Crippen LogP contribution in [-0.4, -0.2) is 29.1 Å². The van der Waals surface area contributed by atoms with Gasteiger partial charge in [0.05, 0.1) is 16.9 Å². The summed E-state index contributed by atoms with van der Waals surface area (Å²) in [4.78, 5) is 14.2. The van der Waals surface area contributed by atoms with Gasteiger partial charge in [0, 0.05) is 12.5 Å². The smallest absolute Gasteiger partial charge is 0.398 e. The van der Waals surface area contributed by atoms with Gasteiger partial charge in [0.25, 0.3) is 0 Å². The lowest BCUT2D eigenvalue weighted by molar-refractivity contribution is 0.00578. The summed E-state index contributed by atoms with van der Waals surface area (Å²) in [5.74, 6) is 0.00719. The summed E-state index contributed by atoms with van der Waals surface area (Å²) in [5, 5.41) is 0. The number of H-pyrrole nitrogens is 1. The summed E-state index contributed by atoms with van der Waals surface area (Å²) >= 11 is 0. The molecule has 0 spiro atoms. The van der Waals surface area contributed by atoms with E-state index in [-0.39, 0.29) is 17.0 Å². The Kier molecular flexibility index (Phi) is 2.71. The largest absolute Gasteiger partial charge is 0.512 e. The maximum atomic E-state index is 11.2. The van der Waals surface area contributed by atoms with Crippen LogP contribution in [0.3, 0.4) is 0 Å². The minimum atomic E-state index is -0.437. The molecule has 0 atom stereocenters. The zero-order valence-electron chi connectivity index (χ0n) is 11.0. The molecular weight excluding hydrogens is 217 g/mol. The molecule has 1 aliphatic rings. The second-order valence-corrected chi connectivity index (χ2v) is 5.47. The molecule has 0 aliphatic carbocycles. The Morgan fingerprint density at radius 2 is 1.71 bits per heavy atom. The van der Waals surface area contributed by atoms with Gasteiger partial charge in [-0.3, -0.25) is 4.79 Å². The van der Waals surface area contributed by atoms with Gasteiger partial charge in [-0.25, -0.2) is 0 Å². The predicted molar refractivity (Wildman–Crippen MR) is 66.5 cm³/mol. The fourth-order valence-electron chi connectivity index (χ4n) is 1.72. The molecule has 2 rings (SSSR count). The molecule has 5 heteroatoms. The molecule has 1 aromatic rings. The van der Waals surface area contributed by atoms with E-state index in [0.29, 0.717) is 5.69 Å². The number of hydrogen-bond acceptors (Lipinski definition) is 3. The van der Waals surface area contributed by atoms with Crippen molar-refractivity contribution >= 4 is 18.5 Å². The van der Waals surface area contributed by atoms with E-state index in [4.69, 9.17) is 9.31 Å². The van der Waals surface area contributed by atoms with Gasteiger partial charge in [-0.1, -0.05) is 0 Å². The molecule has 0 aromatic carbocycles. The molecule has 92 valence electrons. The first-order chi connectivity index (χ1) is 7.73. The lowest BCUT2D eigenvalue weighted by atomic mass is 9.85. The number of nitrogens with one attached hydrogen (secondary N) is 1. The molecule has 0 unspecified atom stereocenters. The third kappa shape index (κ3) is 2.05. The van der Waals surface area contributed by atoms with Gasteiger partial charge in [0.2, 0.25) is 0 Å². The topological polar surface area (TPSA) is 51.3 Å². The lowest BCUT2D eigenvalue weighted by Gasteiger charge is -2.32. The molecule has 1 fully saturated rings. The van der Waals surface area contributed by atoms with Crippen LogP contribution in [0.5, 0.6) is 0 Å². The quantitative estimate of drug-likeness (QED) is 0.624. The third-order valence-electron chi connectivity index (χ3n) is 3.60. The molecule has 1 saturated heterocycles. The van der Waals surface area contributed by atoms with Crippen molar-refractivity contribution in [3.63, 3.8) is 0 Å². The van der Waals surface area contributed by atoms with Crippen molar-refractivity contribution in [2.75, 3.05) is 0 Å². The Balaban J connectivity index is 2.23. The van der Waals surface area contributed by atoms with Crippen LogP contribution < -0.4 is 5.59 Å². The highest BCUT2D eigenvalue weighted by molar-refractivity contribution is 6.61. The number of Topliss-reactive ketones (excluding diaryl/α,β-unsaturated/α-hetero) is 1. The molecular formula is C12H18BNO3. The van der Waals surface area contributed by atoms with E-state index in [2.05, 4.69) is 4.98 Å². The van der Waals surface area contributed by atoms with E-state index in [1.165, 1.54) is 6.92 Å². The summed E-state index contributed by atoms with van der Waals surface area (Å²) in [6.07, 6.45) is 0. The average Bonchev–Trinajstić information content (AvgIpc) is 2.70. The highest BCUT2D eigenvalue weighted by Gasteiger charge is 2.52. The Hall–Kier alpha value is -1.07. The van der Waals surface area contributed by atoms with Crippen molar-refractivity contribution in [3.05, 3.63) is 17.8 Å². The molecule has 17 heavy (non-hydrogen) atoms. The number of aromatic amines is 1. The molecule has 4 nitrogen and oxygen atoms in total. The zero-order valence-corrected chi connectivity index (χ0v) is 11.0. The van der Waals surface area contributed by atoms with Crippen molar-refractivity contribution in [2.45, 2.75) is 45.8 Å². The average molecular weight is 235 g/mol. The van der Waals surface area contributed by atoms with Crippen LogP contribution in [0, 0.1) is 0 Å². The summed E-state index contributed by atoms with van der Waals surface area (Å²) in [5.41, 5.74) is 0.641. The van der Waals surface area contributed by atoms with E-state index < -0.39 is 7.12 Å². The van der Waals surface area contributed by atoms with Crippen LogP contribution >= 0.6 is 0 Å². The highest BCUT2D eigenvalue weighted by Crippen LogP contribution is 2.36. The lowest BCUT2D eigenvalue weighted by Crippen LogP contribution is -2.41. The Morgan fingerprint density at radius 3 is 2.12 bits per heavy atom. The number of carbonyl (C=O) groups excluding carboxylic acids is 1. The number of aromatic nitrogens is 1. The fraction of sp³-hybridized carbons (Fsp3) is 0.583. The van der Waals surface area contributed by atoms with Gasteiger partial charge < -0.3 is 14.3 Å². The molecule has 2 heterocycles. The van der Waals surface area contributed by atoms with Crippen molar-refractivity contribution < 1.29 is 14.1 Å². The Morgan fingerprint density at radius 1 is 1.18 bits per heavy atom. The zero-order chi connectivity index (χ0) is 12.8. The van der Waals surface area contributed by atoms with E-state index in [1.54, 1.807) is 6.07 Å². The maximum Gasteiger partial charge on any atom is 0.512 e. The van der Waals surface area contributed by atoms with Crippen LogP contribution in [0.15, 0.2) is 12.1 Å². The fourth-order valence-corrected chi connectivity index (χ4v) is 1.72. The summed E-state index contributed by atoms with van der Waals surface area (Å²) in [6.45, 7) is 9.53. The minimum Gasteiger partial charge on any atom is -0.398 e. The first-order valence-electron chi connectivity index (χ1n) is 5.78. The number of hydrogen-bond donors (Lipinski definition) is 1. The first-order valence-corrected chi connectivity index (χ1v) is 5.78. The summed E-state index contributed by atoms with van der Waals surface area (Å²) in [6, 6.07) is 3.58. The molecule has 0 radical (unpaired) electrons. The SMILES string of the molecule is CC(=O)c1ccc(B2OC(C)(C)C(C)(C)O2)[nH]1. The monoisotopic (exact) mass is 235 g/mol. The molecule has 0 amide bonds. The van der Waals surface area contributed by atoms with Gasteiger partial charge in [0.1, 0.15) is 0 Å². The predicted octanol–water partition coefficient (Wildman–Crippen LogP) is 1.52. The number of rotatable bonds is 2. The van der Waals surface area contributed by atoms with Gasteiger partial charge in [-0.15, -0.1) is 0 Å². The molecule has 1 aliphatic heterocycles. The number of carbonyl (C=O) groups is 1. The second kappa shape index (κ2) is 3.72. The minimum absolute atomic E-state index is 0.00719. The van der Waals surface area contributed by atoms with Gasteiger partial charge in [-0.2, -0.15) is 0 Å². The van der Waals surface area contributed by atoms with Crippen molar-refractivity contribution in [3.8, 4) is 0 Å². The van der Waals surface area contributed by atoms with E-state index in [9.17, 15) is 4.79 Å². The molecule has 0 saturated carbocycles. The van der Waals surface area contributed by atoms with E-state index >= 15 is 0 Å². The Labute approximate surface area is 102 Å². The molecule has 0 bridgehead atoms. The van der Waals surface area contributed by atoms with Gasteiger partial charge in [0.15, 0.2) is 5.78 Å². The number of ketones is 1.